The number of hydrogen-bond donors (Lipinski definition) is 0. The van der Waals surface area contributed by atoms with E-state index in [2.05, 4.69) is 30.8 Å². The molecule has 1 aliphatic heterocycles. The van der Waals surface area contributed by atoms with E-state index in [9.17, 15) is 4.79 Å². The predicted octanol–water partition coefficient (Wildman–Crippen LogP) is 3.90. The lowest BCUT2D eigenvalue weighted by atomic mass is 9.99. The molecule has 0 aliphatic carbocycles. The number of nitrogens with zero attached hydrogens (tertiary/aromatic N) is 5. The Morgan fingerprint density at radius 3 is 2.57 bits per heavy atom. The summed E-state index contributed by atoms with van der Waals surface area (Å²) in [6, 6.07) is 4.54. The van der Waals surface area contributed by atoms with Gasteiger partial charge in [-0.05, 0) is 46.6 Å². The standard InChI is InChI=1S/C21H33N5O2/c1-7-16-14-25(20(27)28-21(4,5)6)17(8-2)13-24(16)15(3)18-10-12-26-19(23-18)9-11-22-26/h9-12,15-17H,7-8,13-14H2,1-6H3/t15?,16-,17+/m1/s1. The highest BCUT2D eigenvalue weighted by Crippen LogP contribution is 2.29. The van der Waals surface area contributed by atoms with Crippen molar-refractivity contribution in [3.8, 4) is 0 Å². The number of rotatable bonds is 4. The Morgan fingerprint density at radius 2 is 1.93 bits per heavy atom. The van der Waals surface area contributed by atoms with Gasteiger partial charge in [-0.3, -0.25) is 4.90 Å². The number of fused-ring (bicyclic) bond motifs is 1. The van der Waals surface area contributed by atoms with Crippen molar-refractivity contribution in [2.24, 2.45) is 0 Å². The van der Waals surface area contributed by atoms with Gasteiger partial charge in [0.15, 0.2) is 5.65 Å². The molecule has 2 aromatic rings. The van der Waals surface area contributed by atoms with Crippen molar-refractivity contribution in [1.82, 2.24) is 24.4 Å². The van der Waals surface area contributed by atoms with Gasteiger partial charge in [0.05, 0.1) is 11.9 Å². The van der Waals surface area contributed by atoms with Crippen LogP contribution in [0.4, 0.5) is 4.79 Å². The van der Waals surface area contributed by atoms with Crippen LogP contribution in [0.15, 0.2) is 24.5 Å². The number of aromatic nitrogens is 3. The third kappa shape index (κ3) is 4.29. The first-order valence-electron chi connectivity index (χ1n) is 10.3. The van der Waals surface area contributed by atoms with Gasteiger partial charge in [-0.2, -0.15) is 5.10 Å². The van der Waals surface area contributed by atoms with Crippen LogP contribution in [0.5, 0.6) is 0 Å². The molecule has 0 spiro atoms. The molecule has 0 aromatic carbocycles. The fourth-order valence-electron chi connectivity index (χ4n) is 3.93. The molecular formula is C21H33N5O2. The van der Waals surface area contributed by atoms with Crippen molar-refractivity contribution in [2.75, 3.05) is 13.1 Å². The van der Waals surface area contributed by atoms with Crippen molar-refractivity contribution in [2.45, 2.75) is 78.1 Å². The summed E-state index contributed by atoms with van der Waals surface area (Å²) in [5.74, 6) is 0. The molecule has 0 bridgehead atoms. The van der Waals surface area contributed by atoms with Crippen LogP contribution in [0.3, 0.4) is 0 Å². The zero-order valence-electron chi connectivity index (χ0n) is 17.9. The van der Waals surface area contributed by atoms with E-state index in [0.717, 1.165) is 30.7 Å². The number of ether oxygens (including phenoxy) is 1. The molecule has 0 saturated carbocycles. The first-order valence-corrected chi connectivity index (χ1v) is 10.3. The van der Waals surface area contributed by atoms with Gasteiger partial charge in [0.2, 0.25) is 0 Å². The van der Waals surface area contributed by atoms with E-state index >= 15 is 0 Å². The maximum atomic E-state index is 12.8. The zero-order valence-corrected chi connectivity index (χ0v) is 17.9. The molecule has 0 N–H and O–H groups in total. The molecule has 3 rings (SSSR count). The second-order valence-electron chi connectivity index (χ2n) is 8.62. The largest absolute Gasteiger partial charge is 0.444 e. The van der Waals surface area contributed by atoms with E-state index in [0.29, 0.717) is 6.54 Å². The van der Waals surface area contributed by atoms with Gasteiger partial charge in [0.1, 0.15) is 5.60 Å². The summed E-state index contributed by atoms with van der Waals surface area (Å²) >= 11 is 0. The van der Waals surface area contributed by atoms with Gasteiger partial charge in [0.25, 0.3) is 0 Å². The average molecular weight is 388 g/mol. The Kier molecular flexibility index (Phi) is 5.93. The van der Waals surface area contributed by atoms with E-state index in [1.807, 2.05) is 44.0 Å². The number of carbonyl (C=O) groups is 1. The van der Waals surface area contributed by atoms with Crippen molar-refractivity contribution in [1.29, 1.82) is 0 Å². The normalized spacial score (nSPS) is 22.4. The fourth-order valence-corrected chi connectivity index (χ4v) is 3.93. The minimum Gasteiger partial charge on any atom is -0.444 e. The summed E-state index contributed by atoms with van der Waals surface area (Å²) in [4.78, 5) is 22.0. The van der Waals surface area contributed by atoms with Crippen LogP contribution in [-0.2, 0) is 4.74 Å². The Morgan fingerprint density at radius 1 is 1.21 bits per heavy atom. The molecule has 1 aliphatic rings. The van der Waals surface area contributed by atoms with Crippen LogP contribution in [0, 0.1) is 0 Å². The van der Waals surface area contributed by atoms with E-state index in [1.54, 1.807) is 10.7 Å². The van der Waals surface area contributed by atoms with Crippen LogP contribution in [0.25, 0.3) is 5.65 Å². The first kappa shape index (κ1) is 20.6. The summed E-state index contributed by atoms with van der Waals surface area (Å²) < 4.78 is 7.45. The lowest BCUT2D eigenvalue weighted by Crippen LogP contribution is -2.60. The molecule has 154 valence electrons. The smallest absolute Gasteiger partial charge is 0.410 e. The SMILES string of the molecule is CC[C@H]1CN(C(C)c2ccn3nccc3n2)[C@H](CC)CN1C(=O)OC(C)(C)C. The molecule has 1 amide bonds. The van der Waals surface area contributed by atoms with Crippen molar-refractivity contribution >= 4 is 11.7 Å². The topological polar surface area (TPSA) is 63.0 Å². The second-order valence-corrected chi connectivity index (χ2v) is 8.62. The van der Waals surface area contributed by atoms with Crippen LogP contribution >= 0.6 is 0 Å². The Hall–Kier alpha value is -2.15. The number of hydrogen-bond acceptors (Lipinski definition) is 5. The summed E-state index contributed by atoms with van der Waals surface area (Å²) in [6.07, 6.45) is 5.38. The lowest BCUT2D eigenvalue weighted by molar-refractivity contribution is -0.0272. The first-order chi connectivity index (χ1) is 13.2. The van der Waals surface area contributed by atoms with Gasteiger partial charge < -0.3 is 9.64 Å². The summed E-state index contributed by atoms with van der Waals surface area (Å²) in [7, 11) is 0. The van der Waals surface area contributed by atoms with E-state index in [1.165, 1.54) is 0 Å². The monoisotopic (exact) mass is 387 g/mol. The maximum absolute atomic E-state index is 12.8. The Labute approximate surface area is 167 Å². The van der Waals surface area contributed by atoms with Crippen molar-refractivity contribution in [3.05, 3.63) is 30.2 Å². The number of carbonyl (C=O) groups excluding carboxylic acids is 1. The van der Waals surface area contributed by atoms with Crippen LogP contribution < -0.4 is 0 Å². The van der Waals surface area contributed by atoms with Gasteiger partial charge in [-0.25, -0.2) is 14.3 Å². The summed E-state index contributed by atoms with van der Waals surface area (Å²) in [5, 5.41) is 4.23. The van der Waals surface area contributed by atoms with Crippen molar-refractivity contribution in [3.63, 3.8) is 0 Å². The number of piperazine rings is 1. The zero-order chi connectivity index (χ0) is 20.5. The Balaban J connectivity index is 1.81. The van der Waals surface area contributed by atoms with Crippen LogP contribution in [0.1, 0.15) is 66.1 Å². The van der Waals surface area contributed by atoms with Crippen LogP contribution in [-0.4, -0.2) is 61.3 Å². The molecule has 7 heteroatoms. The molecule has 7 nitrogen and oxygen atoms in total. The minimum atomic E-state index is -0.480. The highest BCUT2D eigenvalue weighted by atomic mass is 16.6. The molecule has 2 aromatic heterocycles. The molecule has 1 fully saturated rings. The maximum Gasteiger partial charge on any atom is 0.410 e. The molecule has 28 heavy (non-hydrogen) atoms. The average Bonchev–Trinajstić information content (AvgIpc) is 3.12. The van der Waals surface area contributed by atoms with Gasteiger partial charge in [-0.15, -0.1) is 0 Å². The third-order valence-corrected chi connectivity index (χ3v) is 5.51. The molecule has 1 saturated heterocycles. The highest BCUT2D eigenvalue weighted by Gasteiger charge is 2.39. The number of amides is 1. The third-order valence-electron chi connectivity index (χ3n) is 5.51. The Bertz CT molecular complexity index is 812. The van der Waals surface area contributed by atoms with E-state index in [4.69, 9.17) is 9.72 Å². The highest BCUT2D eigenvalue weighted by molar-refractivity contribution is 5.68. The van der Waals surface area contributed by atoms with Crippen molar-refractivity contribution < 1.29 is 9.53 Å². The summed E-state index contributed by atoms with van der Waals surface area (Å²) in [6.45, 7) is 13.8. The molecular weight excluding hydrogens is 354 g/mol. The van der Waals surface area contributed by atoms with E-state index in [-0.39, 0.29) is 24.2 Å². The van der Waals surface area contributed by atoms with Gasteiger partial charge >= 0.3 is 6.09 Å². The van der Waals surface area contributed by atoms with E-state index < -0.39 is 5.60 Å². The van der Waals surface area contributed by atoms with Gasteiger partial charge in [-0.1, -0.05) is 13.8 Å². The van der Waals surface area contributed by atoms with Gasteiger partial charge in [0, 0.05) is 43.5 Å². The molecule has 3 heterocycles. The van der Waals surface area contributed by atoms with Crippen LogP contribution in [0.2, 0.25) is 0 Å². The lowest BCUT2D eigenvalue weighted by Gasteiger charge is -2.48. The second kappa shape index (κ2) is 8.07. The molecule has 3 atom stereocenters. The molecule has 1 unspecified atom stereocenters. The fraction of sp³-hybridized carbons (Fsp3) is 0.667. The minimum absolute atomic E-state index is 0.138. The predicted molar refractivity (Wildman–Crippen MR) is 109 cm³/mol. The quantitative estimate of drug-likeness (QED) is 0.796. The molecule has 0 radical (unpaired) electrons. The summed E-state index contributed by atoms with van der Waals surface area (Å²) in [5.41, 5.74) is 1.41.